The third kappa shape index (κ3) is 3.57. The highest BCUT2D eigenvalue weighted by Crippen LogP contribution is 2.37. The number of carbonyl (C=O) groups is 3. The van der Waals surface area contributed by atoms with E-state index in [2.05, 4.69) is 24.1 Å². The molecule has 0 radical (unpaired) electrons. The Bertz CT molecular complexity index is 799. The summed E-state index contributed by atoms with van der Waals surface area (Å²) < 4.78 is 5.26. The van der Waals surface area contributed by atoms with Crippen molar-refractivity contribution in [2.24, 2.45) is 11.8 Å². The lowest BCUT2D eigenvalue weighted by Crippen LogP contribution is -2.44. The van der Waals surface area contributed by atoms with E-state index in [0.717, 1.165) is 31.5 Å². The molecule has 4 rings (SSSR count). The number of amides is 2. The van der Waals surface area contributed by atoms with E-state index in [0.29, 0.717) is 36.2 Å². The zero-order chi connectivity index (χ0) is 19.8. The maximum atomic E-state index is 12.4. The molecule has 28 heavy (non-hydrogen) atoms. The van der Waals surface area contributed by atoms with Gasteiger partial charge < -0.3 is 19.9 Å². The Morgan fingerprint density at radius 3 is 2.71 bits per heavy atom. The van der Waals surface area contributed by atoms with Crippen molar-refractivity contribution >= 4 is 29.2 Å². The number of hydrogen-bond donors (Lipinski definition) is 1. The molecule has 1 aromatic carbocycles. The molecule has 1 aromatic rings. The van der Waals surface area contributed by atoms with Crippen LogP contribution in [0.5, 0.6) is 0 Å². The Morgan fingerprint density at radius 2 is 1.96 bits per heavy atom. The van der Waals surface area contributed by atoms with Crippen molar-refractivity contribution < 1.29 is 19.1 Å². The normalized spacial score (nSPS) is 26.4. The average Bonchev–Trinajstić information content (AvgIpc) is 3.15. The van der Waals surface area contributed by atoms with Gasteiger partial charge in [-0.15, -0.1) is 0 Å². The number of likely N-dealkylation sites (tertiary alicyclic amines) is 1. The Labute approximate surface area is 165 Å². The van der Waals surface area contributed by atoms with Gasteiger partial charge in [0.1, 0.15) is 6.04 Å². The van der Waals surface area contributed by atoms with Crippen molar-refractivity contribution in [2.45, 2.75) is 39.2 Å². The topological polar surface area (TPSA) is 79.0 Å². The largest absolute Gasteiger partial charge is 0.452 e. The fraction of sp³-hybridized carbons (Fsp3) is 0.571. The lowest BCUT2D eigenvalue weighted by molar-refractivity contribution is -0.137. The monoisotopic (exact) mass is 385 g/mol. The van der Waals surface area contributed by atoms with E-state index < -0.39 is 5.97 Å². The lowest BCUT2D eigenvalue weighted by Gasteiger charge is -2.34. The van der Waals surface area contributed by atoms with Crippen LogP contribution in [0.25, 0.3) is 0 Å². The fourth-order valence-corrected chi connectivity index (χ4v) is 4.73. The van der Waals surface area contributed by atoms with Crippen molar-refractivity contribution in [1.82, 2.24) is 4.90 Å². The predicted octanol–water partition coefficient (Wildman–Crippen LogP) is 2.27. The number of benzene rings is 1. The Morgan fingerprint density at radius 1 is 1.21 bits per heavy atom. The van der Waals surface area contributed by atoms with E-state index in [1.807, 2.05) is 6.07 Å². The van der Waals surface area contributed by atoms with E-state index in [1.54, 1.807) is 17.0 Å². The van der Waals surface area contributed by atoms with Gasteiger partial charge >= 0.3 is 5.97 Å². The van der Waals surface area contributed by atoms with Crippen molar-refractivity contribution in [3.8, 4) is 0 Å². The van der Waals surface area contributed by atoms with Gasteiger partial charge in [0.2, 0.25) is 5.91 Å². The van der Waals surface area contributed by atoms with Crippen LogP contribution in [0.4, 0.5) is 11.4 Å². The summed E-state index contributed by atoms with van der Waals surface area (Å²) in [7, 11) is 0. The Balaban J connectivity index is 1.40. The molecule has 3 heterocycles. The SMILES string of the molecule is C[C@H]1C[C@H](C)CN(C(=O)COC(=O)c2ccc3c(c2)NC(=O)[C@H]2CCCN32)C1. The number of rotatable bonds is 3. The second-order valence-electron chi connectivity index (χ2n) is 8.39. The zero-order valence-corrected chi connectivity index (χ0v) is 16.4. The molecule has 7 heteroatoms. The Kier molecular flexibility index (Phi) is 5.00. The second kappa shape index (κ2) is 7.45. The van der Waals surface area contributed by atoms with Crippen molar-refractivity contribution in [3.05, 3.63) is 23.8 Å². The highest BCUT2D eigenvalue weighted by atomic mass is 16.5. The number of carbonyl (C=O) groups excluding carboxylic acids is 3. The summed E-state index contributed by atoms with van der Waals surface area (Å²) in [5.74, 6) is 0.188. The van der Waals surface area contributed by atoms with Gasteiger partial charge in [0, 0.05) is 19.6 Å². The molecule has 3 atom stereocenters. The summed E-state index contributed by atoms with van der Waals surface area (Å²) in [6, 6.07) is 5.07. The number of ether oxygens (including phenoxy) is 1. The summed E-state index contributed by atoms with van der Waals surface area (Å²) in [6.45, 7) is 6.28. The summed E-state index contributed by atoms with van der Waals surface area (Å²) >= 11 is 0. The summed E-state index contributed by atoms with van der Waals surface area (Å²) in [5.41, 5.74) is 1.90. The third-order valence-corrected chi connectivity index (χ3v) is 5.90. The van der Waals surface area contributed by atoms with E-state index in [-0.39, 0.29) is 24.5 Å². The van der Waals surface area contributed by atoms with Crippen LogP contribution in [0, 0.1) is 11.8 Å². The van der Waals surface area contributed by atoms with Crippen LogP contribution in [-0.2, 0) is 14.3 Å². The molecule has 7 nitrogen and oxygen atoms in total. The number of fused-ring (bicyclic) bond motifs is 3. The van der Waals surface area contributed by atoms with Crippen LogP contribution in [0.2, 0.25) is 0 Å². The number of hydrogen-bond acceptors (Lipinski definition) is 5. The van der Waals surface area contributed by atoms with Gasteiger partial charge in [-0.2, -0.15) is 0 Å². The second-order valence-corrected chi connectivity index (χ2v) is 8.39. The molecule has 2 amide bonds. The summed E-state index contributed by atoms with van der Waals surface area (Å²) in [5, 5.41) is 2.89. The molecule has 0 spiro atoms. The number of nitrogens with one attached hydrogen (secondary N) is 1. The van der Waals surface area contributed by atoms with E-state index >= 15 is 0 Å². The molecule has 150 valence electrons. The predicted molar refractivity (Wildman–Crippen MR) is 105 cm³/mol. The first-order valence-corrected chi connectivity index (χ1v) is 10.1. The van der Waals surface area contributed by atoms with Crippen LogP contribution in [0.1, 0.15) is 43.5 Å². The minimum Gasteiger partial charge on any atom is -0.452 e. The van der Waals surface area contributed by atoms with Crippen LogP contribution < -0.4 is 10.2 Å². The lowest BCUT2D eigenvalue weighted by atomic mass is 9.92. The van der Waals surface area contributed by atoms with Gasteiger partial charge in [-0.3, -0.25) is 9.59 Å². The number of piperidine rings is 1. The summed E-state index contributed by atoms with van der Waals surface area (Å²) in [6.07, 6.45) is 2.95. The molecule has 1 N–H and O–H groups in total. The fourth-order valence-electron chi connectivity index (χ4n) is 4.73. The first-order chi connectivity index (χ1) is 13.4. The standard InChI is InChI=1S/C21H27N3O4/c1-13-8-14(2)11-23(10-13)19(25)12-28-21(27)15-5-6-17-16(9-15)22-20(26)18-4-3-7-24(17)18/h5-6,9,13-14,18H,3-4,7-8,10-12H2,1-2H3,(H,22,26)/t13-,14-,18+/m0/s1. The highest BCUT2D eigenvalue weighted by molar-refractivity contribution is 6.05. The molecule has 0 saturated carbocycles. The van der Waals surface area contributed by atoms with Crippen LogP contribution in [0.3, 0.4) is 0 Å². The number of anilines is 2. The number of nitrogens with zero attached hydrogens (tertiary/aromatic N) is 2. The van der Waals surface area contributed by atoms with Gasteiger partial charge in [0.05, 0.1) is 16.9 Å². The zero-order valence-electron chi connectivity index (χ0n) is 16.4. The van der Waals surface area contributed by atoms with Crippen molar-refractivity contribution in [3.63, 3.8) is 0 Å². The molecule has 0 aliphatic carbocycles. The molecule has 2 fully saturated rings. The third-order valence-electron chi connectivity index (χ3n) is 5.90. The van der Waals surface area contributed by atoms with E-state index in [1.165, 1.54) is 0 Å². The molecule has 0 bridgehead atoms. The Hall–Kier alpha value is -2.57. The molecule has 2 saturated heterocycles. The molecule has 0 aromatic heterocycles. The molecule has 0 unspecified atom stereocenters. The molecule has 3 aliphatic heterocycles. The maximum absolute atomic E-state index is 12.4. The van der Waals surface area contributed by atoms with Gasteiger partial charge in [-0.25, -0.2) is 4.79 Å². The van der Waals surface area contributed by atoms with Crippen LogP contribution >= 0.6 is 0 Å². The van der Waals surface area contributed by atoms with E-state index in [4.69, 9.17) is 4.74 Å². The minimum absolute atomic E-state index is 0.0287. The first-order valence-electron chi connectivity index (χ1n) is 10.1. The smallest absolute Gasteiger partial charge is 0.338 e. The van der Waals surface area contributed by atoms with Crippen molar-refractivity contribution in [1.29, 1.82) is 0 Å². The number of esters is 1. The maximum Gasteiger partial charge on any atom is 0.338 e. The first kappa shape index (κ1) is 18.8. The van der Waals surface area contributed by atoms with Gasteiger partial charge in [0.15, 0.2) is 6.61 Å². The van der Waals surface area contributed by atoms with Crippen LogP contribution in [0.15, 0.2) is 18.2 Å². The molecule has 3 aliphatic rings. The molecular formula is C21H27N3O4. The summed E-state index contributed by atoms with van der Waals surface area (Å²) in [4.78, 5) is 41.0. The highest BCUT2D eigenvalue weighted by Gasteiger charge is 2.36. The molecular weight excluding hydrogens is 358 g/mol. The minimum atomic E-state index is -0.549. The van der Waals surface area contributed by atoms with Crippen LogP contribution in [-0.4, -0.2) is 55.0 Å². The van der Waals surface area contributed by atoms with Gasteiger partial charge in [0.25, 0.3) is 5.91 Å². The van der Waals surface area contributed by atoms with Gasteiger partial charge in [-0.1, -0.05) is 13.8 Å². The quantitative estimate of drug-likeness (QED) is 0.808. The van der Waals surface area contributed by atoms with Crippen molar-refractivity contribution in [2.75, 3.05) is 36.5 Å². The van der Waals surface area contributed by atoms with Gasteiger partial charge in [-0.05, 0) is 49.3 Å². The average molecular weight is 385 g/mol. The van der Waals surface area contributed by atoms with E-state index in [9.17, 15) is 14.4 Å².